The Labute approximate surface area is 190 Å². The van der Waals surface area contributed by atoms with Crippen LogP contribution in [0.3, 0.4) is 0 Å². The van der Waals surface area contributed by atoms with Crippen molar-refractivity contribution in [3.63, 3.8) is 0 Å². The molecule has 0 unspecified atom stereocenters. The average Bonchev–Trinajstić information content (AvgIpc) is 2.89. The molecular weight excluding hydrogens is 582 g/mol. The van der Waals surface area contributed by atoms with Gasteiger partial charge in [-0.1, -0.05) is 35.7 Å². The number of hydrogen-bond acceptors (Lipinski definition) is 3. The Morgan fingerprint density at radius 1 is 1.21 bits per heavy atom. The molecule has 7 heteroatoms. The summed E-state index contributed by atoms with van der Waals surface area (Å²) < 4.78 is 7.31. The summed E-state index contributed by atoms with van der Waals surface area (Å²) in [6, 6.07) is 11.1. The minimum Gasteiger partial charge on any atom is -0.479 e. The van der Waals surface area contributed by atoms with Crippen LogP contribution in [0.15, 0.2) is 42.1 Å². The van der Waals surface area contributed by atoms with Crippen molar-refractivity contribution < 1.29 is 14.3 Å². The van der Waals surface area contributed by atoms with E-state index in [-0.39, 0.29) is 24.8 Å². The lowest BCUT2D eigenvalue weighted by Crippen LogP contribution is -2.30. The first-order chi connectivity index (χ1) is 13.4. The zero-order chi connectivity index (χ0) is 20.3. The van der Waals surface area contributed by atoms with E-state index in [4.69, 9.17) is 11.2 Å². The van der Waals surface area contributed by atoms with Gasteiger partial charge in [-0.3, -0.25) is 9.69 Å². The Balaban J connectivity index is 1.82. The number of imide groups is 1. The van der Waals surface area contributed by atoms with Gasteiger partial charge in [-0.2, -0.15) is 0 Å². The van der Waals surface area contributed by atoms with E-state index in [1.165, 1.54) is 4.90 Å². The Bertz CT molecular complexity index is 1000. The molecule has 2 aromatic carbocycles. The summed E-state index contributed by atoms with van der Waals surface area (Å²) in [4.78, 5) is 26.2. The van der Waals surface area contributed by atoms with Crippen LogP contribution in [0.2, 0.25) is 0 Å². The van der Waals surface area contributed by atoms with Crippen molar-refractivity contribution in [2.75, 3.05) is 6.61 Å². The molecule has 3 amide bonds. The highest BCUT2D eigenvalue weighted by molar-refractivity contribution is 14.1. The molecule has 0 radical (unpaired) electrons. The van der Waals surface area contributed by atoms with Crippen LogP contribution < -0.4 is 10.1 Å². The molecule has 0 aromatic heterocycles. The molecule has 0 saturated carbocycles. The van der Waals surface area contributed by atoms with E-state index in [0.29, 0.717) is 5.75 Å². The lowest BCUT2D eigenvalue weighted by Gasteiger charge is -2.12. The number of carbonyl (C=O) groups is 2. The maximum atomic E-state index is 12.7. The van der Waals surface area contributed by atoms with Crippen LogP contribution in [0.25, 0.3) is 6.08 Å². The summed E-state index contributed by atoms with van der Waals surface area (Å²) in [5.74, 6) is 2.81. The Morgan fingerprint density at radius 3 is 2.57 bits per heavy atom. The standard InChI is InChI=1S/C21H16I2N2O3/c1-3-7-28-19-16(22)9-15(10-17(19)23)11-18-20(26)25(21(27)24-18)12-14-6-4-5-13(2)8-14/h1,4-6,8-11H,7,12H2,2H3,(H,24,27)/b18-11+. The lowest BCUT2D eigenvalue weighted by atomic mass is 10.1. The third-order valence-electron chi connectivity index (χ3n) is 4.02. The third-order valence-corrected chi connectivity index (χ3v) is 5.62. The molecule has 142 valence electrons. The molecule has 5 nitrogen and oxygen atoms in total. The second-order valence-corrected chi connectivity index (χ2v) is 8.50. The number of nitrogens with zero attached hydrogens (tertiary/aromatic N) is 1. The summed E-state index contributed by atoms with van der Waals surface area (Å²) >= 11 is 4.32. The SMILES string of the molecule is C#CCOc1c(I)cc(/C=C2/NC(=O)N(Cc3cccc(C)c3)C2=O)cc1I. The number of carbonyl (C=O) groups excluding carboxylic acids is 2. The van der Waals surface area contributed by atoms with Crippen molar-refractivity contribution in [1.29, 1.82) is 0 Å². The average molecular weight is 598 g/mol. The molecule has 0 aliphatic carbocycles. The predicted octanol–water partition coefficient (Wildman–Crippen LogP) is 4.31. The number of amides is 3. The highest BCUT2D eigenvalue weighted by atomic mass is 127. The molecule has 1 aliphatic heterocycles. The summed E-state index contributed by atoms with van der Waals surface area (Å²) in [5, 5.41) is 2.66. The van der Waals surface area contributed by atoms with E-state index in [1.54, 1.807) is 6.08 Å². The van der Waals surface area contributed by atoms with Gasteiger partial charge in [0, 0.05) is 0 Å². The van der Waals surface area contributed by atoms with Gasteiger partial charge in [0.25, 0.3) is 5.91 Å². The first kappa shape index (κ1) is 20.7. The zero-order valence-electron chi connectivity index (χ0n) is 15.0. The second-order valence-electron chi connectivity index (χ2n) is 6.17. The normalized spacial score (nSPS) is 14.9. The molecule has 2 aromatic rings. The first-order valence-corrected chi connectivity index (χ1v) is 10.5. The molecular formula is C21H16I2N2O3. The van der Waals surface area contributed by atoms with Crippen molar-refractivity contribution in [3.8, 4) is 18.1 Å². The number of terminal acetylenes is 1. The maximum absolute atomic E-state index is 12.7. The topological polar surface area (TPSA) is 58.6 Å². The Morgan fingerprint density at radius 2 is 1.93 bits per heavy atom. The van der Waals surface area contributed by atoms with Crippen LogP contribution >= 0.6 is 45.2 Å². The third kappa shape index (κ3) is 4.67. The quantitative estimate of drug-likeness (QED) is 0.242. The lowest BCUT2D eigenvalue weighted by molar-refractivity contribution is -0.123. The summed E-state index contributed by atoms with van der Waals surface area (Å²) in [6.07, 6.45) is 6.92. The Kier molecular flexibility index (Phi) is 6.61. The molecule has 1 saturated heterocycles. The van der Waals surface area contributed by atoms with Gasteiger partial charge in [-0.15, -0.1) is 6.42 Å². The van der Waals surface area contributed by atoms with E-state index in [9.17, 15) is 9.59 Å². The van der Waals surface area contributed by atoms with Crippen LogP contribution in [0.4, 0.5) is 4.79 Å². The van der Waals surface area contributed by atoms with E-state index in [1.807, 2.05) is 43.3 Å². The number of aryl methyl sites for hydroxylation is 1. The van der Waals surface area contributed by atoms with Crippen LogP contribution in [0, 0.1) is 26.4 Å². The van der Waals surface area contributed by atoms with E-state index >= 15 is 0 Å². The van der Waals surface area contributed by atoms with Crippen LogP contribution in [0.5, 0.6) is 5.75 Å². The van der Waals surface area contributed by atoms with Gasteiger partial charge in [0.05, 0.1) is 13.7 Å². The van der Waals surface area contributed by atoms with Crippen LogP contribution in [-0.2, 0) is 11.3 Å². The number of urea groups is 1. The van der Waals surface area contributed by atoms with Gasteiger partial charge in [0.2, 0.25) is 0 Å². The fraction of sp³-hybridized carbons (Fsp3) is 0.143. The first-order valence-electron chi connectivity index (χ1n) is 8.34. The number of halogens is 2. The molecule has 0 spiro atoms. The van der Waals surface area contributed by atoms with Crippen molar-refractivity contribution in [3.05, 3.63) is 65.9 Å². The molecule has 0 bridgehead atoms. The smallest absolute Gasteiger partial charge is 0.329 e. The van der Waals surface area contributed by atoms with Crippen molar-refractivity contribution >= 4 is 63.2 Å². The maximum Gasteiger partial charge on any atom is 0.329 e. The number of ether oxygens (including phenoxy) is 1. The second kappa shape index (κ2) is 8.96. The summed E-state index contributed by atoms with van der Waals surface area (Å²) in [7, 11) is 0. The largest absolute Gasteiger partial charge is 0.479 e. The molecule has 0 atom stereocenters. The van der Waals surface area contributed by atoms with E-state index < -0.39 is 6.03 Å². The number of benzene rings is 2. The molecule has 1 aliphatic rings. The van der Waals surface area contributed by atoms with Crippen molar-refractivity contribution in [2.45, 2.75) is 13.5 Å². The van der Waals surface area contributed by atoms with E-state index in [0.717, 1.165) is 23.8 Å². The fourth-order valence-corrected chi connectivity index (χ4v) is 4.92. The number of rotatable bonds is 5. The van der Waals surface area contributed by atoms with Crippen LogP contribution in [-0.4, -0.2) is 23.4 Å². The van der Waals surface area contributed by atoms with Gasteiger partial charge in [0.1, 0.15) is 18.1 Å². The highest BCUT2D eigenvalue weighted by Crippen LogP contribution is 2.30. The highest BCUT2D eigenvalue weighted by Gasteiger charge is 2.33. The molecule has 1 heterocycles. The minimum atomic E-state index is -0.420. The molecule has 1 fully saturated rings. The number of hydrogen-bond donors (Lipinski definition) is 1. The van der Waals surface area contributed by atoms with Gasteiger partial charge < -0.3 is 10.1 Å². The predicted molar refractivity (Wildman–Crippen MR) is 124 cm³/mol. The van der Waals surface area contributed by atoms with Crippen molar-refractivity contribution in [2.24, 2.45) is 0 Å². The van der Waals surface area contributed by atoms with Gasteiger partial charge in [-0.25, -0.2) is 4.79 Å². The Hall–Kier alpha value is -2.06. The zero-order valence-corrected chi connectivity index (χ0v) is 19.3. The molecule has 3 rings (SSSR count). The minimum absolute atomic E-state index is 0.189. The molecule has 28 heavy (non-hydrogen) atoms. The van der Waals surface area contributed by atoms with Crippen LogP contribution in [0.1, 0.15) is 16.7 Å². The van der Waals surface area contributed by atoms with Crippen molar-refractivity contribution in [1.82, 2.24) is 10.2 Å². The summed E-state index contributed by atoms with van der Waals surface area (Å²) in [5.41, 5.74) is 3.03. The van der Waals surface area contributed by atoms with Gasteiger partial charge in [-0.05, 0) is 81.4 Å². The van der Waals surface area contributed by atoms with E-state index in [2.05, 4.69) is 56.4 Å². The van der Waals surface area contributed by atoms with Gasteiger partial charge in [0.15, 0.2) is 0 Å². The fourth-order valence-electron chi connectivity index (χ4n) is 2.79. The summed E-state index contributed by atoms with van der Waals surface area (Å²) in [6.45, 7) is 2.40. The number of nitrogens with one attached hydrogen (secondary N) is 1. The molecule has 1 N–H and O–H groups in total. The monoisotopic (exact) mass is 598 g/mol. The van der Waals surface area contributed by atoms with Gasteiger partial charge >= 0.3 is 6.03 Å².